The van der Waals surface area contributed by atoms with Gasteiger partial charge in [0.05, 0.1) is 6.33 Å². The Morgan fingerprint density at radius 2 is 2.06 bits per heavy atom. The van der Waals surface area contributed by atoms with E-state index in [1.807, 2.05) is 7.05 Å². The molecule has 87 valence electrons. The van der Waals surface area contributed by atoms with Crippen LogP contribution in [0.2, 0.25) is 5.28 Å². The minimum atomic E-state index is 0.223. The third-order valence-corrected chi connectivity index (χ3v) is 1.94. The molecule has 0 amide bonds. The first-order chi connectivity index (χ1) is 7.63. The van der Waals surface area contributed by atoms with Gasteiger partial charge in [0.15, 0.2) is 17.0 Å². The summed E-state index contributed by atoms with van der Waals surface area (Å²) < 4.78 is 1.80. The molecule has 2 aromatic rings. The molecule has 0 aliphatic heterocycles. The van der Waals surface area contributed by atoms with E-state index in [9.17, 15) is 0 Å². The number of rotatable bonds is 1. The number of nitrogens with zero attached hydrogens (tertiary/aromatic N) is 4. The number of aryl methyl sites for hydroxylation is 1. The van der Waals surface area contributed by atoms with Gasteiger partial charge in [-0.15, -0.1) is 0 Å². The van der Waals surface area contributed by atoms with Gasteiger partial charge in [-0.25, -0.2) is 4.98 Å². The standard InChI is InChI=1S/C7H8ClN5.2HI.V/c1-9-5-4-6(12-7(8)11-5)13(2)3-10-4;;;/h3H,1-2H3,(H,9,11,12);2*1H;/q;;;+2/p-2. The van der Waals surface area contributed by atoms with Crippen LogP contribution < -0.4 is 5.32 Å². The van der Waals surface area contributed by atoms with Crippen LogP contribution in [0.4, 0.5) is 5.82 Å². The van der Waals surface area contributed by atoms with Gasteiger partial charge in [-0.05, 0) is 11.6 Å². The Kier molecular flexibility index (Phi) is 6.63. The first kappa shape index (κ1) is 14.7. The zero-order chi connectivity index (χ0) is 12.1. The van der Waals surface area contributed by atoms with Crippen LogP contribution in [0.3, 0.4) is 0 Å². The molecule has 0 aliphatic carbocycles. The minimum absolute atomic E-state index is 0.223. The van der Waals surface area contributed by atoms with E-state index in [4.69, 9.17) is 11.6 Å². The Bertz CT molecular complexity index is 477. The van der Waals surface area contributed by atoms with E-state index in [-0.39, 0.29) is 5.28 Å². The maximum absolute atomic E-state index is 5.73. The summed E-state index contributed by atoms with van der Waals surface area (Å²) in [6, 6.07) is 0. The average molecular weight is 502 g/mol. The third kappa shape index (κ3) is 3.59. The van der Waals surface area contributed by atoms with Gasteiger partial charge < -0.3 is 9.88 Å². The predicted molar refractivity (Wildman–Crippen MR) is 78.9 cm³/mol. The Morgan fingerprint density at radius 1 is 1.44 bits per heavy atom. The van der Waals surface area contributed by atoms with E-state index < -0.39 is 0 Å². The molecule has 5 nitrogen and oxygen atoms in total. The summed E-state index contributed by atoms with van der Waals surface area (Å²) in [6.07, 6.45) is 1.68. The van der Waals surface area contributed by atoms with Gasteiger partial charge in [-0.3, -0.25) is 0 Å². The summed E-state index contributed by atoms with van der Waals surface area (Å²) >= 11 is 10.5. The molecule has 1 N–H and O–H groups in total. The molecule has 2 aromatic heterocycles. The normalized spacial score (nSPS) is 9.56. The number of nitrogens with one attached hydrogen (secondary N) is 1. The van der Waals surface area contributed by atoms with Crippen LogP contribution in [0.15, 0.2) is 6.33 Å². The predicted octanol–water partition coefficient (Wildman–Crippen LogP) is 2.83. The van der Waals surface area contributed by atoms with Gasteiger partial charge in [0, 0.05) is 14.1 Å². The van der Waals surface area contributed by atoms with Crippen molar-refractivity contribution in [3.05, 3.63) is 11.6 Å². The van der Waals surface area contributed by atoms with Crippen molar-refractivity contribution < 1.29 is 9.47 Å². The number of halogens is 3. The fourth-order valence-corrected chi connectivity index (χ4v) is 1.32. The number of imidazole rings is 1. The number of hydrogen-bond donors (Lipinski definition) is 1. The molecule has 16 heavy (non-hydrogen) atoms. The van der Waals surface area contributed by atoms with Crippen LogP contribution in [0.1, 0.15) is 0 Å². The topological polar surface area (TPSA) is 55.6 Å². The van der Waals surface area contributed by atoms with E-state index >= 15 is 0 Å². The molecular formula is C7H8ClI2N5V. The maximum atomic E-state index is 5.73. The molecule has 0 saturated carbocycles. The van der Waals surface area contributed by atoms with Gasteiger partial charge in [0.1, 0.15) is 0 Å². The Hall–Kier alpha value is 0.684. The molecule has 0 bridgehead atoms. The third-order valence-electron chi connectivity index (χ3n) is 1.77. The van der Waals surface area contributed by atoms with Crippen LogP contribution in [-0.4, -0.2) is 26.6 Å². The fraction of sp³-hybridized carbons (Fsp3) is 0.286. The molecule has 9 heteroatoms. The number of aromatic nitrogens is 4. The summed E-state index contributed by atoms with van der Waals surface area (Å²) in [5, 5.41) is 3.14. The van der Waals surface area contributed by atoms with Crippen molar-refractivity contribution in [1.82, 2.24) is 19.5 Å². The second-order valence-corrected chi connectivity index (χ2v) is 14.8. The van der Waals surface area contributed by atoms with Crippen LogP contribution in [0.25, 0.3) is 11.2 Å². The van der Waals surface area contributed by atoms with Crippen LogP contribution in [0.5, 0.6) is 0 Å². The first-order valence-electron chi connectivity index (χ1n) is 4.08. The molecule has 0 spiro atoms. The molecule has 2 heterocycles. The van der Waals surface area contributed by atoms with Crippen molar-refractivity contribution >= 4 is 68.5 Å². The Morgan fingerprint density at radius 3 is 2.62 bits per heavy atom. The monoisotopic (exact) mass is 502 g/mol. The number of fused-ring (bicyclic) bond motifs is 1. The number of hydrogen-bond acceptors (Lipinski definition) is 4. The zero-order valence-corrected chi connectivity index (χ0v) is 14.9. The van der Waals surface area contributed by atoms with Crippen molar-refractivity contribution in [2.24, 2.45) is 7.05 Å². The molecule has 0 fully saturated rings. The van der Waals surface area contributed by atoms with E-state index in [1.54, 1.807) is 17.9 Å². The van der Waals surface area contributed by atoms with Crippen molar-refractivity contribution in [2.45, 2.75) is 0 Å². The summed E-state index contributed by atoms with van der Waals surface area (Å²) in [6.45, 7) is 0. The van der Waals surface area contributed by atoms with E-state index in [0.29, 0.717) is 15.3 Å². The SMILES string of the molecule is CNc1nc(Cl)nc2c1ncn2C.[I][V][I]. The van der Waals surface area contributed by atoms with Gasteiger partial charge in [-0.2, -0.15) is 9.97 Å². The molecule has 0 aliphatic rings. The van der Waals surface area contributed by atoms with Gasteiger partial charge >= 0.3 is 49.4 Å². The summed E-state index contributed by atoms with van der Waals surface area (Å²) in [5.74, 6) is 0.649. The fourth-order valence-electron chi connectivity index (χ4n) is 1.15. The molecular weight excluding hydrogens is 494 g/mol. The van der Waals surface area contributed by atoms with E-state index in [2.05, 4.69) is 60.2 Å². The quantitative estimate of drug-likeness (QED) is 0.482. The molecule has 0 atom stereocenters. The molecule has 0 unspecified atom stereocenters. The summed E-state index contributed by atoms with van der Waals surface area (Å²) in [5.41, 5.74) is 1.46. The summed E-state index contributed by atoms with van der Waals surface area (Å²) in [4.78, 5) is 12.2. The molecule has 2 rings (SSSR count). The second-order valence-electron chi connectivity index (χ2n) is 2.68. The van der Waals surface area contributed by atoms with Crippen LogP contribution in [-0.2, 0) is 16.5 Å². The van der Waals surface area contributed by atoms with Crippen LogP contribution >= 0.6 is 51.6 Å². The van der Waals surface area contributed by atoms with Gasteiger partial charge in [0.2, 0.25) is 5.28 Å². The van der Waals surface area contributed by atoms with Crippen molar-refractivity contribution in [3.8, 4) is 0 Å². The zero-order valence-electron chi connectivity index (χ0n) is 8.45. The van der Waals surface area contributed by atoms with E-state index in [0.717, 1.165) is 11.2 Å². The Balaban J connectivity index is 0.000000386. The van der Waals surface area contributed by atoms with Gasteiger partial charge in [-0.1, -0.05) is 0 Å². The number of anilines is 1. The second kappa shape index (κ2) is 7.19. The van der Waals surface area contributed by atoms with Crippen molar-refractivity contribution in [2.75, 3.05) is 12.4 Å². The molecule has 0 aromatic carbocycles. The Labute approximate surface area is 127 Å². The van der Waals surface area contributed by atoms with Crippen LogP contribution in [0, 0.1) is 0 Å². The van der Waals surface area contributed by atoms with Gasteiger partial charge in [0.25, 0.3) is 0 Å². The molecule has 0 radical (unpaired) electrons. The van der Waals surface area contributed by atoms with E-state index in [1.165, 1.54) is 0 Å². The molecule has 0 saturated heterocycles. The first-order valence-corrected chi connectivity index (χ1v) is 13.5. The van der Waals surface area contributed by atoms with Crippen molar-refractivity contribution in [1.29, 1.82) is 0 Å². The average Bonchev–Trinajstić information content (AvgIpc) is 2.61. The summed E-state index contributed by atoms with van der Waals surface area (Å²) in [7, 11) is 4.26. The van der Waals surface area contributed by atoms with Crippen molar-refractivity contribution in [3.63, 3.8) is 0 Å².